The van der Waals surface area contributed by atoms with Gasteiger partial charge < -0.3 is 10.2 Å². The van der Waals surface area contributed by atoms with E-state index in [0.717, 1.165) is 23.9 Å². The summed E-state index contributed by atoms with van der Waals surface area (Å²) in [5.41, 5.74) is 0.807. The Hall–Kier alpha value is -0.0800. The van der Waals surface area contributed by atoms with Gasteiger partial charge in [-0.05, 0) is 56.5 Å². The second-order valence-electron chi connectivity index (χ2n) is 5.92. The first-order chi connectivity index (χ1) is 7.32. The first-order valence-electron chi connectivity index (χ1n) is 6.78. The lowest BCUT2D eigenvalue weighted by atomic mass is 10.0. The molecule has 2 saturated carbocycles. The molecule has 1 atom stereocenters. The molecule has 2 aliphatic carbocycles. The number of nitrogens with one attached hydrogen (secondary N) is 1. The van der Waals surface area contributed by atoms with Crippen molar-refractivity contribution in [2.75, 3.05) is 26.2 Å². The van der Waals surface area contributed by atoms with Crippen molar-refractivity contribution in [1.29, 1.82) is 0 Å². The van der Waals surface area contributed by atoms with E-state index in [0.29, 0.717) is 0 Å². The second-order valence-corrected chi connectivity index (χ2v) is 5.92. The molecule has 1 saturated heterocycles. The SMILES string of the molecule is CCNC1CCN(CC2(C3CC3)CC2)C1. The summed E-state index contributed by atoms with van der Waals surface area (Å²) in [6, 6.07) is 0.782. The predicted molar refractivity (Wildman–Crippen MR) is 62.9 cm³/mol. The zero-order valence-corrected chi connectivity index (χ0v) is 9.97. The third-order valence-electron chi connectivity index (χ3n) is 4.64. The van der Waals surface area contributed by atoms with Crippen LogP contribution < -0.4 is 5.32 Å². The van der Waals surface area contributed by atoms with Crippen molar-refractivity contribution in [3.63, 3.8) is 0 Å². The van der Waals surface area contributed by atoms with E-state index in [2.05, 4.69) is 17.1 Å². The van der Waals surface area contributed by atoms with Gasteiger partial charge in [-0.25, -0.2) is 0 Å². The van der Waals surface area contributed by atoms with Gasteiger partial charge in [-0.3, -0.25) is 0 Å². The molecule has 0 amide bonds. The first kappa shape index (κ1) is 10.1. The Morgan fingerprint density at radius 2 is 2.07 bits per heavy atom. The molecule has 0 bridgehead atoms. The Balaban J connectivity index is 1.48. The molecule has 1 aliphatic heterocycles. The zero-order valence-electron chi connectivity index (χ0n) is 9.97. The summed E-state index contributed by atoms with van der Waals surface area (Å²) in [7, 11) is 0. The molecular formula is C13H24N2. The summed E-state index contributed by atoms with van der Waals surface area (Å²) < 4.78 is 0. The molecule has 2 heteroatoms. The molecule has 1 N–H and O–H groups in total. The highest BCUT2D eigenvalue weighted by Crippen LogP contribution is 2.61. The van der Waals surface area contributed by atoms with Crippen molar-refractivity contribution in [1.82, 2.24) is 10.2 Å². The summed E-state index contributed by atoms with van der Waals surface area (Å²) >= 11 is 0. The van der Waals surface area contributed by atoms with Crippen LogP contribution >= 0.6 is 0 Å². The van der Waals surface area contributed by atoms with Gasteiger partial charge in [0.1, 0.15) is 0 Å². The molecule has 1 heterocycles. The van der Waals surface area contributed by atoms with Gasteiger partial charge in [-0.15, -0.1) is 0 Å². The Morgan fingerprint density at radius 3 is 2.67 bits per heavy atom. The average molecular weight is 208 g/mol. The zero-order chi connectivity index (χ0) is 10.3. The third-order valence-corrected chi connectivity index (χ3v) is 4.64. The van der Waals surface area contributed by atoms with Gasteiger partial charge in [0.2, 0.25) is 0 Å². The van der Waals surface area contributed by atoms with Gasteiger partial charge in [0, 0.05) is 19.1 Å². The van der Waals surface area contributed by atoms with E-state index in [1.807, 2.05) is 0 Å². The van der Waals surface area contributed by atoms with E-state index >= 15 is 0 Å². The van der Waals surface area contributed by atoms with Gasteiger partial charge >= 0.3 is 0 Å². The average Bonchev–Trinajstić information content (AvgIpc) is 3.08. The van der Waals surface area contributed by atoms with Crippen LogP contribution in [-0.4, -0.2) is 37.1 Å². The van der Waals surface area contributed by atoms with Crippen LogP contribution in [0.25, 0.3) is 0 Å². The van der Waals surface area contributed by atoms with E-state index in [-0.39, 0.29) is 0 Å². The number of rotatable bonds is 5. The van der Waals surface area contributed by atoms with Gasteiger partial charge in [0.05, 0.1) is 0 Å². The lowest BCUT2D eigenvalue weighted by Crippen LogP contribution is -2.35. The largest absolute Gasteiger partial charge is 0.313 e. The van der Waals surface area contributed by atoms with E-state index in [1.165, 1.54) is 51.7 Å². The summed E-state index contributed by atoms with van der Waals surface area (Å²) in [5, 5.41) is 3.58. The monoisotopic (exact) mass is 208 g/mol. The lowest BCUT2D eigenvalue weighted by Gasteiger charge is -2.23. The van der Waals surface area contributed by atoms with Crippen LogP contribution in [0.4, 0.5) is 0 Å². The quantitative estimate of drug-likeness (QED) is 0.742. The fourth-order valence-corrected chi connectivity index (χ4v) is 3.43. The topological polar surface area (TPSA) is 15.3 Å². The van der Waals surface area contributed by atoms with Crippen LogP contribution in [0.15, 0.2) is 0 Å². The number of hydrogen-bond acceptors (Lipinski definition) is 2. The Kier molecular flexibility index (Phi) is 2.52. The van der Waals surface area contributed by atoms with E-state index in [4.69, 9.17) is 0 Å². The van der Waals surface area contributed by atoms with E-state index < -0.39 is 0 Å². The maximum atomic E-state index is 3.58. The number of likely N-dealkylation sites (tertiary alicyclic amines) is 1. The fourth-order valence-electron chi connectivity index (χ4n) is 3.43. The lowest BCUT2D eigenvalue weighted by molar-refractivity contribution is 0.239. The van der Waals surface area contributed by atoms with E-state index in [1.54, 1.807) is 0 Å². The van der Waals surface area contributed by atoms with Gasteiger partial charge in [0.15, 0.2) is 0 Å². The maximum Gasteiger partial charge on any atom is 0.0207 e. The normalized spacial score (nSPS) is 34.6. The van der Waals surface area contributed by atoms with Crippen molar-refractivity contribution in [3.8, 4) is 0 Å². The number of nitrogens with zero attached hydrogens (tertiary/aromatic N) is 1. The van der Waals surface area contributed by atoms with Crippen molar-refractivity contribution < 1.29 is 0 Å². The van der Waals surface area contributed by atoms with Crippen LogP contribution in [0.2, 0.25) is 0 Å². The van der Waals surface area contributed by atoms with Crippen molar-refractivity contribution in [2.45, 2.75) is 45.1 Å². The molecule has 1 unspecified atom stereocenters. The highest BCUT2D eigenvalue weighted by atomic mass is 15.2. The molecule has 0 aromatic rings. The summed E-state index contributed by atoms with van der Waals surface area (Å²) in [6.45, 7) is 7.41. The highest BCUT2D eigenvalue weighted by Gasteiger charge is 2.54. The van der Waals surface area contributed by atoms with Crippen LogP contribution in [0.5, 0.6) is 0 Å². The summed E-state index contributed by atoms with van der Waals surface area (Å²) in [4.78, 5) is 2.72. The molecule has 0 spiro atoms. The minimum absolute atomic E-state index is 0.782. The molecular weight excluding hydrogens is 184 g/mol. The predicted octanol–water partition coefficient (Wildman–Crippen LogP) is 1.86. The van der Waals surface area contributed by atoms with Crippen LogP contribution in [0.1, 0.15) is 39.0 Å². The van der Waals surface area contributed by atoms with Crippen LogP contribution in [0.3, 0.4) is 0 Å². The molecule has 86 valence electrons. The molecule has 0 aromatic heterocycles. The first-order valence-corrected chi connectivity index (χ1v) is 6.78. The summed E-state index contributed by atoms with van der Waals surface area (Å²) in [5.74, 6) is 1.12. The molecule has 3 fully saturated rings. The number of likely N-dealkylation sites (N-methyl/N-ethyl adjacent to an activating group) is 1. The number of hydrogen-bond donors (Lipinski definition) is 1. The smallest absolute Gasteiger partial charge is 0.0207 e. The minimum Gasteiger partial charge on any atom is -0.313 e. The van der Waals surface area contributed by atoms with Gasteiger partial charge in [0.25, 0.3) is 0 Å². The Morgan fingerprint density at radius 1 is 1.27 bits per heavy atom. The molecule has 2 nitrogen and oxygen atoms in total. The molecule has 0 radical (unpaired) electrons. The van der Waals surface area contributed by atoms with E-state index in [9.17, 15) is 0 Å². The molecule has 0 aromatic carbocycles. The third kappa shape index (κ3) is 2.07. The Labute approximate surface area is 93.4 Å². The molecule has 3 aliphatic rings. The summed E-state index contributed by atoms with van der Waals surface area (Å²) in [6.07, 6.45) is 7.49. The highest BCUT2D eigenvalue weighted by molar-refractivity contribution is 5.06. The van der Waals surface area contributed by atoms with Crippen LogP contribution in [-0.2, 0) is 0 Å². The van der Waals surface area contributed by atoms with Crippen molar-refractivity contribution in [3.05, 3.63) is 0 Å². The second kappa shape index (κ2) is 3.74. The standard InChI is InChI=1S/C13H24N2/c1-2-14-12-5-8-15(9-12)10-13(6-7-13)11-3-4-11/h11-12,14H,2-10H2,1H3. The minimum atomic E-state index is 0.782. The van der Waals surface area contributed by atoms with Crippen molar-refractivity contribution >= 4 is 0 Å². The van der Waals surface area contributed by atoms with Crippen molar-refractivity contribution in [2.24, 2.45) is 11.3 Å². The van der Waals surface area contributed by atoms with Crippen LogP contribution in [0, 0.1) is 11.3 Å². The molecule has 3 rings (SSSR count). The molecule has 15 heavy (non-hydrogen) atoms. The Bertz CT molecular complexity index is 231. The fraction of sp³-hybridized carbons (Fsp3) is 1.00. The van der Waals surface area contributed by atoms with Gasteiger partial charge in [-0.2, -0.15) is 0 Å². The van der Waals surface area contributed by atoms with Gasteiger partial charge in [-0.1, -0.05) is 6.92 Å². The maximum absolute atomic E-state index is 3.58.